The summed E-state index contributed by atoms with van der Waals surface area (Å²) in [4.78, 5) is 0. The maximum Gasteiger partial charge on any atom is 0.137 e. The van der Waals surface area contributed by atoms with Crippen molar-refractivity contribution in [1.82, 2.24) is 9.78 Å². The molecule has 106 valence electrons. The van der Waals surface area contributed by atoms with Crippen molar-refractivity contribution in [2.45, 2.75) is 6.54 Å². The van der Waals surface area contributed by atoms with Gasteiger partial charge in [-0.2, -0.15) is 5.10 Å². The topological polar surface area (TPSA) is 17.8 Å². The Morgan fingerprint density at radius 1 is 1.19 bits per heavy atom. The third kappa shape index (κ3) is 3.35. The minimum Gasteiger partial charge on any atom is -0.268 e. The number of halogens is 3. The van der Waals surface area contributed by atoms with Crippen LogP contribution in [0.3, 0.4) is 0 Å². The number of hydrogen-bond acceptors (Lipinski definition) is 1. The molecule has 0 aliphatic carbocycles. The SMILES string of the molecule is Fc1ccc(Cn2cc(-c3ccccc3I)cn2)cc1Br. The van der Waals surface area contributed by atoms with Crippen LogP contribution in [0.5, 0.6) is 0 Å². The van der Waals surface area contributed by atoms with Gasteiger partial charge in [0.25, 0.3) is 0 Å². The molecule has 0 saturated carbocycles. The van der Waals surface area contributed by atoms with Gasteiger partial charge in [0.1, 0.15) is 5.82 Å². The summed E-state index contributed by atoms with van der Waals surface area (Å²) in [6, 6.07) is 13.2. The summed E-state index contributed by atoms with van der Waals surface area (Å²) >= 11 is 5.52. The molecule has 0 aliphatic heterocycles. The molecule has 5 heteroatoms. The second kappa shape index (κ2) is 6.27. The molecule has 0 radical (unpaired) electrons. The van der Waals surface area contributed by atoms with Crippen LogP contribution in [0.2, 0.25) is 0 Å². The Labute approximate surface area is 144 Å². The fourth-order valence-electron chi connectivity index (χ4n) is 2.11. The third-order valence-corrected chi connectivity index (χ3v) is 4.70. The lowest BCUT2D eigenvalue weighted by atomic mass is 10.1. The summed E-state index contributed by atoms with van der Waals surface area (Å²) < 4.78 is 16.8. The van der Waals surface area contributed by atoms with Gasteiger partial charge in [-0.3, -0.25) is 4.68 Å². The summed E-state index contributed by atoms with van der Waals surface area (Å²) in [5, 5.41) is 4.39. The number of rotatable bonds is 3. The first-order chi connectivity index (χ1) is 10.1. The van der Waals surface area contributed by atoms with Crippen molar-refractivity contribution in [2.75, 3.05) is 0 Å². The van der Waals surface area contributed by atoms with Crippen LogP contribution in [0.25, 0.3) is 11.1 Å². The molecule has 3 aromatic rings. The highest BCUT2D eigenvalue weighted by Crippen LogP contribution is 2.24. The van der Waals surface area contributed by atoms with Gasteiger partial charge in [-0.05, 0) is 67.8 Å². The predicted molar refractivity (Wildman–Crippen MR) is 93.6 cm³/mol. The average molecular weight is 457 g/mol. The van der Waals surface area contributed by atoms with Gasteiger partial charge in [0.15, 0.2) is 0 Å². The molecule has 21 heavy (non-hydrogen) atoms. The molecule has 1 heterocycles. The van der Waals surface area contributed by atoms with Gasteiger partial charge in [-0.1, -0.05) is 24.3 Å². The second-order valence-electron chi connectivity index (χ2n) is 4.65. The normalized spacial score (nSPS) is 10.8. The van der Waals surface area contributed by atoms with Gasteiger partial charge < -0.3 is 0 Å². The quantitative estimate of drug-likeness (QED) is 0.501. The maximum atomic E-state index is 13.2. The Bertz CT molecular complexity index is 785. The van der Waals surface area contributed by atoms with Crippen molar-refractivity contribution in [1.29, 1.82) is 0 Å². The van der Waals surface area contributed by atoms with Crippen LogP contribution in [-0.4, -0.2) is 9.78 Å². The highest BCUT2D eigenvalue weighted by molar-refractivity contribution is 14.1. The summed E-state index contributed by atoms with van der Waals surface area (Å²) in [6.45, 7) is 0.613. The van der Waals surface area contributed by atoms with Crippen LogP contribution < -0.4 is 0 Å². The third-order valence-electron chi connectivity index (χ3n) is 3.15. The average Bonchev–Trinajstić information content (AvgIpc) is 2.92. The Kier molecular flexibility index (Phi) is 4.40. The molecular formula is C16H11BrFIN2. The van der Waals surface area contributed by atoms with Crippen LogP contribution in [0, 0.1) is 9.39 Å². The fourth-order valence-corrected chi connectivity index (χ4v) is 3.23. The van der Waals surface area contributed by atoms with Gasteiger partial charge in [-0.25, -0.2) is 4.39 Å². The number of benzene rings is 2. The zero-order valence-electron chi connectivity index (χ0n) is 10.9. The van der Waals surface area contributed by atoms with Gasteiger partial charge in [0.2, 0.25) is 0 Å². The Hall–Kier alpha value is -1.21. The lowest BCUT2D eigenvalue weighted by Gasteiger charge is -2.03. The standard InChI is InChI=1S/C16H11BrFIN2/c17-14-7-11(5-6-15(14)18)9-21-10-12(8-20-21)13-3-1-2-4-16(13)19/h1-8,10H,9H2. The van der Waals surface area contributed by atoms with Crippen LogP contribution >= 0.6 is 38.5 Å². The van der Waals surface area contributed by atoms with E-state index in [1.165, 1.54) is 15.2 Å². The van der Waals surface area contributed by atoms with E-state index in [1.54, 1.807) is 12.1 Å². The van der Waals surface area contributed by atoms with Gasteiger partial charge in [0.05, 0.1) is 17.2 Å². The molecule has 3 rings (SSSR count). The summed E-state index contributed by atoms with van der Waals surface area (Å²) in [7, 11) is 0. The fraction of sp³-hybridized carbons (Fsp3) is 0.0625. The van der Waals surface area contributed by atoms with Crippen LogP contribution in [0.15, 0.2) is 59.3 Å². The van der Waals surface area contributed by atoms with Crippen LogP contribution in [0.1, 0.15) is 5.56 Å². The van der Waals surface area contributed by atoms with Gasteiger partial charge in [0, 0.05) is 15.3 Å². The maximum absolute atomic E-state index is 13.2. The lowest BCUT2D eigenvalue weighted by molar-refractivity contribution is 0.617. The minimum atomic E-state index is -0.251. The molecule has 0 fully saturated rings. The molecule has 0 N–H and O–H groups in total. The summed E-state index contributed by atoms with van der Waals surface area (Å²) in [6.07, 6.45) is 3.87. The molecule has 0 unspecified atom stereocenters. The first kappa shape index (κ1) is 14.7. The summed E-state index contributed by atoms with van der Waals surface area (Å²) in [5.74, 6) is -0.251. The zero-order valence-corrected chi connectivity index (χ0v) is 14.7. The number of nitrogens with zero attached hydrogens (tertiary/aromatic N) is 2. The summed E-state index contributed by atoms with van der Waals surface area (Å²) in [5.41, 5.74) is 3.26. The van der Waals surface area contributed by atoms with E-state index in [0.29, 0.717) is 11.0 Å². The largest absolute Gasteiger partial charge is 0.268 e. The number of hydrogen-bond donors (Lipinski definition) is 0. The molecule has 0 bridgehead atoms. The molecule has 0 atom stereocenters. The van der Waals surface area contributed by atoms with E-state index in [1.807, 2.05) is 29.2 Å². The number of aromatic nitrogens is 2. The van der Waals surface area contributed by atoms with Crippen molar-refractivity contribution in [3.8, 4) is 11.1 Å². The van der Waals surface area contributed by atoms with Crippen LogP contribution in [-0.2, 0) is 6.54 Å². The Morgan fingerprint density at radius 3 is 2.76 bits per heavy atom. The van der Waals surface area contributed by atoms with E-state index in [-0.39, 0.29) is 5.82 Å². The predicted octanol–water partition coefficient (Wildman–Crippen LogP) is 5.10. The molecule has 2 nitrogen and oxygen atoms in total. The molecule has 1 aromatic heterocycles. The Balaban J connectivity index is 1.85. The lowest BCUT2D eigenvalue weighted by Crippen LogP contribution is -2.00. The second-order valence-corrected chi connectivity index (χ2v) is 6.67. The van der Waals surface area contributed by atoms with E-state index in [2.05, 4.69) is 55.8 Å². The molecule has 0 aliphatic rings. The molecule has 2 aromatic carbocycles. The minimum absolute atomic E-state index is 0.251. The van der Waals surface area contributed by atoms with Gasteiger partial charge in [-0.15, -0.1) is 0 Å². The van der Waals surface area contributed by atoms with E-state index in [4.69, 9.17) is 0 Å². The van der Waals surface area contributed by atoms with Crippen molar-refractivity contribution in [3.63, 3.8) is 0 Å². The van der Waals surface area contributed by atoms with Crippen molar-refractivity contribution in [3.05, 3.63) is 74.3 Å². The highest BCUT2D eigenvalue weighted by atomic mass is 127. The molecule has 0 amide bonds. The van der Waals surface area contributed by atoms with Gasteiger partial charge >= 0.3 is 0 Å². The van der Waals surface area contributed by atoms with Crippen LogP contribution in [0.4, 0.5) is 4.39 Å². The van der Waals surface area contributed by atoms with E-state index in [9.17, 15) is 4.39 Å². The van der Waals surface area contributed by atoms with E-state index < -0.39 is 0 Å². The smallest absolute Gasteiger partial charge is 0.137 e. The van der Waals surface area contributed by atoms with Crippen molar-refractivity contribution >= 4 is 38.5 Å². The molecular weight excluding hydrogens is 446 g/mol. The van der Waals surface area contributed by atoms with Crippen molar-refractivity contribution in [2.24, 2.45) is 0 Å². The first-order valence-corrected chi connectivity index (χ1v) is 8.22. The molecule has 0 saturated heterocycles. The Morgan fingerprint density at radius 2 is 2.00 bits per heavy atom. The molecule has 0 spiro atoms. The first-order valence-electron chi connectivity index (χ1n) is 6.35. The van der Waals surface area contributed by atoms with E-state index in [0.717, 1.165) is 11.1 Å². The highest BCUT2D eigenvalue weighted by Gasteiger charge is 2.06. The monoisotopic (exact) mass is 456 g/mol. The zero-order chi connectivity index (χ0) is 14.8. The van der Waals surface area contributed by atoms with E-state index >= 15 is 0 Å². The van der Waals surface area contributed by atoms with Crippen molar-refractivity contribution < 1.29 is 4.39 Å².